The minimum Gasteiger partial charge on any atom is -0.457 e. The van der Waals surface area contributed by atoms with Crippen LogP contribution in [0.3, 0.4) is 0 Å². The van der Waals surface area contributed by atoms with E-state index in [1.54, 1.807) is 6.20 Å². The van der Waals surface area contributed by atoms with Crippen molar-refractivity contribution in [2.24, 2.45) is 0 Å². The number of amides is 1. The molecule has 0 spiro atoms. The lowest BCUT2D eigenvalue weighted by atomic mass is 9.87. The van der Waals surface area contributed by atoms with E-state index < -0.39 is 5.92 Å². The van der Waals surface area contributed by atoms with E-state index in [4.69, 9.17) is 4.74 Å². The van der Waals surface area contributed by atoms with Crippen LogP contribution in [0.1, 0.15) is 22.6 Å². The van der Waals surface area contributed by atoms with Gasteiger partial charge in [-0.2, -0.15) is 0 Å². The Hall–Kier alpha value is -4.45. The fraction of sp³-hybridized carbons (Fsp3) is 0.0741. The summed E-state index contributed by atoms with van der Waals surface area (Å²) in [6.07, 6.45) is 5.57. The number of fused-ring (bicyclic) bond motifs is 3. The van der Waals surface area contributed by atoms with Gasteiger partial charge in [-0.3, -0.25) is 9.20 Å². The molecule has 2 aromatic heterocycles. The topological polar surface area (TPSA) is 68.5 Å². The van der Waals surface area contributed by atoms with Gasteiger partial charge in [0, 0.05) is 41.0 Å². The molecule has 0 bridgehead atoms. The van der Waals surface area contributed by atoms with Gasteiger partial charge in [-0.25, -0.2) is 9.97 Å². The van der Waals surface area contributed by atoms with Crippen LogP contribution in [0, 0.1) is 6.92 Å². The van der Waals surface area contributed by atoms with E-state index in [2.05, 4.69) is 15.3 Å². The van der Waals surface area contributed by atoms with E-state index in [1.165, 1.54) is 0 Å². The second-order valence-corrected chi connectivity index (χ2v) is 8.08. The van der Waals surface area contributed by atoms with E-state index in [-0.39, 0.29) is 5.91 Å². The van der Waals surface area contributed by atoms with Crippen molar-refractivity contribution in [2.45, 2.75) is 12.8 Å². The highest BCUT2D eigenvalue weighted by Gasteiger charge is 2.32. The first-order chi connectivity index (χ1) is 16.2. The zero-order chi connectivity index (χ0) is 22.4. The quantitative estimate of drug-likeness (QED) is 0.404. The van der Waals surface area contributed by atoms with Crippen LogP contribution in [0.2, 0.25) is 0 Å². The van der Waals surface area contributed by atoms with Gasteiger partial charge in [-0.1, -0.05) is 48.5 Å². The predicted octanol–water partition coefficient (Wildman–Crippen LogP) is 5.58. The molecule has 5 aromatic rings. The van der Waals surface area contributed by atoms with Crippen molar-refractivity contribution < 1.29 is 9.53 Å². The maximum absolute atomic E-state index is 13.6. The number of nitrogens with one attached hydrogen (secondary N) is 1. The Morgan fingerprint density at radius 2 is 1.70 bits per heavy atom. The number of benzene rings is 3. The van der Waals surface area contributed by atoms with Crippen LogP contribution in [0.25, 0.3) is 17.0 Å². The molecule has 0 unspecified atom stereocenters. The van der Waals surface area contributed by atoms with Gasteiger partial charge in [0.15, 0.2) is 0 Å². The molecule has 3 heterocycles. The summed E-state index contributed by atoms with van der Waals surface area (Å²) in [4.78, 5) is 22.5. The molecule has 0 atom stereocenters. The molecule has 6 heteroatoms. The molecule has 1 amide bonds. The fourth-order valence-electron chi connectivity index (χ4n) is 4.28. The number of imidazole rings is 1. The third-order valence-electron chi connectivity index (χ3n) is 5.97. The molecular formula is C27H20N4O2. The first-order valence-corrected chi connectivity index (χ1v) is 10.7. The number of ether oxygens (including phenoxy) is 1. The average molecular weight is 432 g/mol. The second-order valence-electron chi connectivity index (χ2n) is 8.08. The summed E-state index contributed by atoms with van der Waals surface area (Å²) < 4.78 is 7.92. The molecule has 0 saturated heterocycles. The minimum atomic E-state index is -0.464. The minimum absolute atomic E-state index is 0.102. The van der Waals surface area contributed by atoms with Crippen molar-refractivity contribution in [3.8, 4) is 22.8 Å². The summed E-state index contributed by atoms with van der Waals surface area (Å²) in [5, 5.41) is 3.16. The summed E-state index contributed by atoms with van der Waals surface area (Å²) in [6.45, 7) is 1.98. The van der Waals surface area contributed by atoms with Crippen LogP contribution in [0.15, 0.2) is 91.4 Å². The van der Waals surface area contributed by atoms with E-state index >= 15 is 0 Å². The van der Waals surface area contributed by atoms with Crippen LogP contribution in [0.4, 0.5) is 5.69 Å². The summed E-state index contributed by atoms with van der Waals surface area (Å²) in [5.74, 6) is 1.48. The number of hydrogen-bond acceptors (Lipinski definition) is 4. The van der Waals surface area contributed by atoms with Crippen molar-refractivity contribution in [3.05, 3.63) is 108 Å². The van der Waals surface area contributed by atoms with Gasteiger partial charge in [0.25, 0.3) is 0 Å². The molecule has 6 nitrogen and oxygen atoms in total. The summed E-state index contributed by atoms with van der Waals surface area (Å²) >= 11 is 0. The molecule has 0 radical (unpaired) electrons. The largest absolute Gasteiger partial charge is 0.457 e. The Morgan fingerprint density at radius 1 is 0.970 bits per heavy atom. The van der Waals surface area contributed by atoms with Crippen LogP contribution in [-0.4, -0.2) is 20.3 Å². The van der Waals surface area contributed by atoms with Gasteiger partial charge in [0.05, 0.1) is 11.6 Å². The van der Waals surface area contributed by atoms with Crippen molar-refractivity contribution >= 4 is 17.4 Å². The number of anilines is 1. The highest BCUT2D eigenvalue weighted by atomic mass is 16.5. The maximum atomic E-state index is 13.6. The van der Waals surface area contributed by atoms with Gasteiger partial charge in [0.2, 0.25) is 11.7 Å². The normalized spacial score (nSPS) is 12.6. The van der Waals surface area contributed by atoms with Crippen LogP contribution in [0.5, 0.6) is 11.5 Å². The number of para-hydroxylation sites is 2. The highest BCUT2D eigenvalue weighted by molar-refractivity contribution is 6.00. The van der Waals surface area contributed by atoms with Crippen molar-refractivity contribution in [1.29, 1.82) is 0 Å². The molecule has 1 N–H and O–H groups in total. The number of nitrogens with zero attached hydrogens (tertiary/aromatic N) is 3. The predicted molar refractivity (Wildman–Crippen MR) is 127 cm³/mol. The SMILES string of the molecule is Cc1ccc(-c2cn3cccnc3n2)cc1NC(=O)C1c2ccccc2Oc2ccccc21. The monoisotopic (exact) mass is 432 g/mol. The third kappa shape index (κ3) is 3.32. The summed E-state index contributed by atoms with van der Waals surface area (Å²) in [6, 6.07) is 23.2. The van der Waals surface area contributed by atoms with Crippen molar-refractivity contribution in [1.82, 2.24) is 14.4 Å². The third-order valence-corrected chi connectivity index (χ3v) is 5.97. The molecule has 1 aliphatic heterocycles. The van der Waals surface area contributed by atoms with Gasteiger partial charge in [-0.15, -0.1) is 0 Å². The van der Waals surface area contributed by atoms with Crippen LogP contribution >= 0.6 is 0 Å². The first kappa shape index (κ1) is 19.3. The maximum Gasteiger partial charge on any atom is 0.236 e. The molecule has 1 aliphatic rings. The number of carbonyl (C=O) groups is 1. The molecule has 3 aromatic carbocycles. The molecule has 6 rings (SSSR count). The highest BCUT2D eigenvalue weighted by Crippen LogP contribution is 2.44. The molecule has 0 saturated carbocycles. The Balaban J connectivity index is 1.37. The number of carbonyl (C=O) groups excluding carboxylic acids is 1. The van der Waals surface area contributed by atoms with Gasteiger partial charge >= 0.3 is 0 Å². The Kier molecular flexibility index (Phi) is 4.43. The summed E-state index contributed by atoms with van der Waals surface area (Å²) in [7, 11) is 0. The molecule has 0 aliphatic carbocycles. The Labute approximate surface area is 190 Å². The van der Waals surface area contributed by atoms with Crippen molar-refractivity contribution in [3.63, 3.8) is 0 Å². The first-order valence-electron chi connectivity index (χ1n) is 10.7. The van der Waals surface area contributed by atoms with Crippen LogP contribution in [-0.2, 0) is 4.79 Å². The Morgan fingerprint density at radius 3 is 2.42 bits per heavy atom. The molecule has 0 fully saturated rings. The second kappa shape index (κ2) is 7.60. The van der Waals surface area contributed by atoms with Gasteiger partial charge in [0.1, 0.15) is 11.5 Å². The lowest BCUT2D eigenvalue weighted by molar-refractivity contribution is -0.116. The van der Waals surface area contributed by atoms with Crippen molar-refractivity contribution in [2.75, 3.05) is 5.32 Å². The zero-order valence-electron chi connectivity index (χ0n) is 17.9. The van der Waals surface area contributed by atoms with E-state index in [0.29, 0.717) is 17.3 Å². The van der Waals surface area contributed by atoms with Crippen LogP contribution < -0.4 is 10.1 Å². The van der Waals surface area contributed by atoms with E-state index in [1.807, 2.05) is 96.5 Å². The van der Waals surface area contributed by atoms with E-state index in [9.17, 15) is 4.79 Å². The fourth-order valence-corrected chi connectivity index (χ4v) is 4.28. The number of aromatic nitrogens is 3. The standard InChI is InChI=1S/C27H20N4O2/c1-17-11-12-18(22-16-31-14-6-13-28-27(31)30-22)15-21(17)29-26(32)25-19-7-2-4-9-23(19)33-24-10-5-3-8-20(24)25/h2-16,25H,1H3,(H,29,32). The average Bonchev–Trinajstić information content (AvgIpc) is 3.28. The van der Waals surface area contributed by atoms with E-state index in [0.717, 1.165) is 33.6 Å². The van der Waals surface area contributed by atoms with Gasteiger partial charge < -0.3 is 10.1 Å². The molecular weight excluding hydrogens is 412 g/mol. The lowest BCUT2D eigenvalue weighted by Gasteiger charge is -2.27. The summed E-state index contributed by atoms with van der Waals surface area (Å²) in [5.41, 5.74) is 5.15. The lowest BCUT2D eigenvalue weighted by Crippen LogP contribution is -2.25. The zero-order valence-corrected chi connectivity index (χ0v) is 17.9. The molecule has 33 heavy (non-hydrogen) atoms. The number of hydrogen-bond donors (Lipinski definition) is 1. The number of aryl methyl sites for hydroxylation is 1. The number of rotatable bonds is 3. The molecule has 160 valence electrons. The smallest absolute Gasteiger partial charge is 0.236 e. The Bertz CT molecular complexity index is 1440. The van der Waals surface area contributed by atoms with Gasteiger partial charge in [-0.05, 0) is 36.8 Å².